The molecule has 0 saturated heterocycles. The van der Waals surface area contributed by atoms with Gasteiger partial charge < -0.3 is 25.0 Å². The van der Waals surface area contributed by atoms with Crippen LogP contribution >= 0.6 is 8.03 Å². The third-order valence-corrected chi connectivity index (χ3v) is 6.34. The van der Waals surface area contributed by atoms with Crippen molar-refractivity contribution in [1.82, 2.24) is 5.32 Å². The number of allylic oxidation sites excluding steroid dienone is 2. The zero-order valence-electron chi connectivity index (χ0n) is 15.9. The van der Waals surface area contributed by atoms with Crippen molar-refractivity contribution in [3.05, 3.63) is 47.5 Å². The van der Waals surface area contributed by atoms with Crippen LogP contribution in [0, 0.1) is 5.92 Å². The van der Waals surface area contributed by atoms with E-state index in [1.807, 2.05) is 13.0 Å². The molecule has 0 fully saturated rings. The molecule has 0 aromatic heterocycles. The third-order valence-electron chi connectivity index (χ3n) is 5.02. The normalized spacial score (nSPS) is 20.9. The summed E-state index contributed by atoms with van der Waals surface area (Å²) in [5, 5.41) is 22.4. The minimum Gasteiger partial charge on any atom is -0.801 e. The molecule has 2 rings (SSSR count). The van der Waals surface area contributed by atoms with Gasteiger partial charge in [-0.15, -0.1) is 0 Å². The number of carbonyl (C=O) groups is 1. The van der Waals surface area contributed by atoms with Crippen molar-refractivity contribution < 1.29 is 43.3 Å². The topological polar surface area (TPSA) is 110 Å². The van der Waals surface area contributed by atoms with Gasteiger partial charge in [-0.2, -0.15) is 0 Å². The van der Waals surface area contributed by atoms with E-state index in [9.17, 15) is 19.4 Å². The van der Waals surface area contributed by atoms with Gasteiger partial charge in [-0.05, 0) is 56.2 Å². The molecule has 27 heavy (non-hydrogen) atoms. The fourth-order valence-corrected chi connectivity index (χ4v) is 4.54. The molecule has 1 aliphatic rings. The second-order valence-electron chi connectivity index (χ2n) is 6.92. The number of aliphatic hydroxyl groups excluding tert-OH is 1. The van der Waals surface area contributed by atoms with Crippen molar-refractivity contribution in [1.29, 1.82) is 0 Å². The number of aliphatic hydroxyl groups is 1. The summed E-state index contributed by atoms with van der Waals surface area (Å²) in [6, 6.07) is 6.49. The first-order chi connectivity index (χ1) is 12.4. The van der Waals surface area contributed by atoms with Gasteiger partial charge in [0, 0.05) is 26.3 Å². The van der Waals surface area contributed by atoms with E-state index in [-0.39, 0.29) is 49.3 Å². The zero-order valence-corrected chi connectivity index (χ0v) is 16.9. The molecular weight excluding hydrogens is 360 g/mol. The molecule has 144 valence electrons. The molecule has 3 N–H and O–H groups in total. The molecule has 5 atom stereocenters. The van der Waals surface area contributed by atoms with Crippen LogP contribution < -0.4 is 29.1 Å². The quantitative estimate of drug-likeness (QED) is 0.295. The predicted octanol–water partition coefficient (Wildman–Crippen LogP) is -0.650. The van der Waals surface area contributed by atoms with Gasteiger partial charge in [0.25, 0.3) is 0 Å². The fraction of sp³-hybridized carbons (Fsp3) is 0.526. The molecule has 1 aromatic carbocycles. The van der Waals surface area contributed by atoms with Crippen LogP contribution in [-0.2, 0) is 4.57 Å². The van der Waals surface area contributed by atoms with Gasteiger partial charge in [-0.3, -0.25) is 0 Å². The molecule has 3 unspecified atom stereocenters. The average Bonchev–Trinajstić information content (AvgIpc) is 2.64. The molecule has 0 aliphatic heterocycles. The van der Waals surface area contributed by atoms with Gasteiger partial charge in [-0.25, -0.2) is 4.79 Å². The maximum atomic E-state index is 11.7. The molecule has 0 amide bonds. The Morgan fingerprint density at radius 1 is 1.33 bits per heavy atom. The Bertz CT molecular complexity index is 652. The number of aromatic carboxylic acids is 1. The van der Waals surface area contributed by atoms with Crippen molar-refractivity contribution in [2.24, 2.45) is 5.92 Å². The molecule has 1 aliphatic carbocycles. The van der Waals surface area contributed by atoms with E-state index in [0.29, 0.717) is 0 Å². The van der Waals surface area contributed by atoms with Crippen molar-refractivity contribution in [3.63, 3.8) is 0 Å². The van der Waals surface area contributed by atoms with E-state index < -0.39 is 25.8 Å². The number of hydrogen-bond acceptors (Lipinski definition) is 5. The van der Waals surface area contributed by atoms with Crippen LogP contribution in [0.4, 0.5) is 0 Å². The molecule has 0 radical (unpaired) electrons. The Hall–Kier alpha value is -0.863. The first-order valence-corrected chi connectivity index (χ1v) is 10.4. The third kappa shape index (κ3) is 7.58. The molecular formula is C19H27LiNO5P. The van der Waals surface area contributed by atoms with E-state index in [4.69, 9.17) is 5.11 Å². The van der Waals surface area contributed by atoms with Crippen LogP contribution in [0.25, 0.3) is 0 Å². The van der Waals surface area contributed by atoms with Gasteiger partial charge in [0.15, 0.2) is 0 Å². The van der Waals surface area contributed by atoms with Gasteiger partial charge >= 0.3 is 24.8 Å². The molecule has 0 bridgehead atoms. The van der Waals surface area contributed by atoms with Crippen LogP contribution in [-0.4, -0.2) is 34.5 Å². The smallest absolute Gasteiger partial charge is 0.801 e. The van der Waals surface area contributed by atoms with Crippen molar-refractivity contribution >= 4 is 14.0 Å². The Morgan fingerprint density at radius 2 is 2.00 bits per heavy atom. The molecule has 0 heterocycles. The zero-order chi connectivity index (χ0) is 19.1. The van der Waals surface area contributed by atoms with Gasteiger partial charge in [0.05, 0.1) is 11.7 Å². The van der Waals surface area contributed by atoms with Crippen LogP contribution in [0.1, 0.15) is 54.6 Å². The van der Waals surface area contributed by atoms with Crippen molar-refractivity contribution in [2.75, 3.05) is 6.54 Å². The molecule has 0 spiro atoms. The fourth-order valence-electron chi connectivity index (χ4n) is 3.39. The minimum absolute atomic E-state index is 0. The molecule has 0 saturated carbocycles. The summed E-state index contributed by atoms with van der Waals surface area (Å²) in [6.45, 7) is 2.21. The Kier molecular flexibility index (Phi) is 10.6. The SMILES string of the molecule is C[C@H](NC[C@@H](O)CC(C1CC=CCC1)[PH](=O)[O-])c1ccc(C(=O)O)cc1.[Li+]. The average molecular weight is 387 g/mol. The van der Waals surface area contributed by atoms with Gasteiger partial charge in [0.2, 0.25) is 0 Å². The van der Waals surface area contributed by atoms with Crippen LogP contribution in [0.2, 0.25) is 0 Å². The second-order valence-corrected chi connectivity index (χ2v) is 8.30. The molecule has 6 nitrogen and oxygen atoms in total. The standard InChI is InChI=1S/C19H28NO5P.Li/c1-13(14-7-9-16(10-8-14)19(22)23)20-12-17(21)11-18(26(24)25)15-5-3-2-4-6-15;/h2-3,7-10,13,15,17-18,20-21,26H,4-6,11-12H2,1H3,(H,22,23)(H,24,25);/q;+1/p-1/t13-,15?,17-,18?;/m0./s1. The predicted molar refractivity (Wildman–Crippen MR) is 99.7 cm³/mol. The molecule has 1 aromatic rings. The summed E-state index contributed by atoms with van der Waals surface area (Å²) in [6.07, 6.45) is 6.12. The summed E-state index contributed by atoms with van der Waals surface area (Å²) in [4.78, 5) is 22.5. The Labute approximate surface area is 173 Å². The number of hydrogen-bond donors (Lipinski definition) is 3. The first kappa shape index (κ1) is 24.2. The van der Waals surface area contributed by atoms with Crippen LogP contribution in [0.3, 0.4) is 0 Å². The largest absolute Gasteiger partial charge is 1.00 e. The van der Waals surface area contributed by atoms with E-state index in [1.54, 1.807) is 24.3 Å². The van der Waals surface area contributed by atoms with Crippen LogP contribution in [0.5, 0.6) is 0 Å². The van der Waals surface area contributed by atoms with E-state index in [1.165, 1.54) is 0 Å². The summed E-state index contributed by atoms with van der Waals surface area (Å²) in [5.74, 6) is -0.872. The van der Waals surface area contributed by atoms with Crippen molar-refractivity contribution in [3.8, 4) is 0 Å². The Balaban J connectivity index is 0.00000364. The second kappa shape index (κ2) is 11.9. The number of rotatable bonds is 9. The Morgan fingerprint density at radius 3 is 2.52 bits per heavy atom. The first-order valence-electron chi connectivity index (χ1n) is 8.99. The maximum absolute atomic E-state index is 11.7. The number of nitrogens with one attached hydrogen (secondary N) is 1. The number of benzene rings is 1. The maximum Gasteiger partial charge on any atom is 1.00 e. The van der Waals surface area contributed by atoms with Gasteiger partial charge in [0.1, 0.15) is 0 Å². The summed E-state index contributed by atoms with van der Waals surface area (Å²) in [5.41, 5.74) is 0.673. The van der Waals surface area contributed by atoms with E-state index in [0.717, 1.165) is 24.8 Å². The van der Waals surface area contributed by atoms with Crippen LogP contribution in [0.15, 0.2) is 36.4 Å². The minimum atomic E-state index is -2.95. The summed E-state index contributed by atoms with van der Waals surface area (Å²) >= 11 is 0. The van der Waals surface area contributed by atoms with Crippen molar-refractivity contribution in [2.45, 2.75) is 50.4 Å². The summed E-state index contributed by atoms with van der Waals surface area (Å²) < 4.78 is 11.7. The van der Waals surface area contributed by atoms with E-state index in [2.05, 4.69) is 11.4 Å². The van der Waals surface area contributed by atoms with E-state index >= 15 is 0 Å². The van der Waals surface area contributed by atoms with Gasteiger partial charge in [-0.1, -0.05) is 24.3 Å². The molecule has 8 heteroatoms. The number of carboxylic acids is 1. The number of carboxylic acid groups (broad SMARTS) is 1. The summed E-state index contributed by atoms with van der Waals surface area (Å²) in [7, 11) is -2.95. The monoisotopic (exact) mass is 387 g/mol.